The van der Waals surface area contributed by atoms with E-state index in [-0.39, 0.29) is 17.0 Å². The van der Waals surface area contributed by atoms with E-state index in [4.69, 9.17) is 16.0 Å². The van der Waals surface area contributed by atoms with Gasteiger partial charge in [-0.2, -0.15) is 18.3 Å². The summed E-state index contributed by atoms with van der Waals surface area (Å²) in [5, 5.41) is 7.14. The highest BCUT2D eigenvalue weighted by atomic mass is 35.5. The fourth-order valence-corrected chi connectivity index (χ4v) is 3.29. The van der Waals surface area contributed by atoms with Crippen LogP contribution >= 0.6 is 11.6 Å². The number of carbonyl (C=O) groups is 1. The lowest BCUT2D eigenvalue weighted by atomic mass is 10.1. The number of aryl methyl sites for hydroxylation is 1. The number of nitrogens with one attached hydrogen (secondary N) is 1. The van der Waals surface area contributed by atoms with E-state index in [2.05, 4.69) is 10.4 Å². The quantitative estimate of drug-likeness (QED) is 0.437. The molecule has 0 atom stereocenters. The highest BCUT2D eigenvalue weighted by molar-refractivity contribution is 6.30. The molecule has 10 heteroatoms. The molecule has 0 saturated heterocycles. The van der Waals surface area contributed by atoms with Gasteiger partial charge in [0.05, 0.1) is 17.4 Å². The van der Waals surface area contributed by atoms with Crippen LogP contribution in [-0.4, -0.2) is 15.7 Å². The second kappa shape index (κ2) is 7.59. The van der Waals surface area contributed by atoms with Gasteiger partial charge in [0, 0.05) is 28.2 Å². The fourth-order valence-electron chi connectivity index (χ4n) is 3.17. The van der Waals surface area contributed by atoms with Gasteiger partial charge >= 0.3 is 11.8 Å². The minimum atomic E-state index is -4.85. The molecule has 6 nitrogen and oxygen atoms in total. The van der Waals surface area contributed by atoms with Crippen molar-refractivity contribution in [2.24, 2.45) is 0 Å². The summed E-state index contributed by atoms with van der Waals surface area (Å²) < 4.78 is 47.1. The summed E-state index contributed by atoms with van der Waals surface area (Å²) in [5.74, 6) is -1.01. The molecule has 4 rings (SSSR count). The van der Waals surface area contributed by atoms with Crippen LogP contribution < -0.4 is 10.9 Å². The van der Waals surface area contributed by atoms with Crippen molar-refractivity contribution in [1.82, 2.24) is 9.78 Å². The molecule has 0 spiro atoms. The van der Waals surface area contributed by atoms with Crippen LogP contribution in [-0.2, 0) is 6.18 Å². The van der Waals surface area contributed by atoms with E-state index in [0.717, 1.165) is 6.20 Å². The normalized spacial score (nSPS) is 11.6. The lowest BCUT2D eigenvalue weighted by molar-refractivity contribution is -0.143. The number of rotatable bonds is 3. The summed E-state index contributed by atoms with van der Waals surface area (Å²) >= 11 is 5.79. The molecule has 1 N–H and O–H groups in total. The van der Waals surface area contributed by atoms with Gasteiger partial charge in [0.15, 0.2) is 5.69 Å². The van der Waals surface area contributed by atoms with Crippen LogP contribution in [0.15, 0.2) is 63.9 Å². The van der Waals surface area contributed by atoms with Crippen molar-refractivity contribution in [1.29, 1.82) is 0 Å². The molecule has 0 aliphatic carbocycles. The predicted octanol–water partition coefficient (Wildman–Crippen LogP) is 5.21. The maximum absolute atomic E-state index is 13.8. The molecule has 0 radical (unpaired) electrons. The molecular weight excluding hydrogens is 435 g/mol. The van der Waals surface area contributed by atoms with Crippen LogP contribution in [0.3, 0.4) is 0 Å². The third-order valence-corrected chi connectivity index (χ3v) is 4.81. The number of halogens is 4. The van der Waals surface area contributed by atoms with E-state index in [0.29, 0.717) is 20.7 Å². The van der Waals surface area contributed by atoms with Crippen molar-refractivity contribution in [3.05, 3.63) is 87.0 Å². The first-order valence-corrected chi connectivity index (χ1v) is 9.28. The monoisotopic (exact) mass is 447 g/mol. The molecule has 158 valence electrons. The van der Waals surface area contributed by atoms with Crippen molar-refractivity contribution in [3.8, 4) is 5.69 Å². The predicted molar refractivity (Wildman–Crippen MR) is 109 cm³/mol. The second-order valence-corrected chi connectivity index (χ2v) is 7.14. The van der Waals surface area contributed by atoms with E-state index in [1.807, 2.05) is 0 Å². The number of carbonyl (C=O) groups excluding carboxylic acids is 1. The zero-order valence-corrected chi connectivity index (χ0v) is 16.6. The van der Waals surface area contributed by atoms with Gasteiger partial charge in [0.25, 0.3) is 5.91 Å². The van der Waals surface area contributed by atoms with E-state index in [1.165, 1.54) is 42.5 Å². The van der Waals surface area contributed by atoms with Gasteiger partial charge in [0.1, 0.15) is 5.58 Å². The Hall–Kier alpha value is -3.59. The lowest BCUT2D eigenvalue weighted by Crippen LogP contribution is -2.20. The van der Waals surface area contributed by atoms with Crippen molar-refractivity contribution in [3.63, 3.8) is 0 Å². The summed E-state index contributed by atoms with van der Waals surface area (Å²) in [6, 6.07) is 11.4. The standard InChI is InChI=1S/C21H13ClF3N3O3/c1-11-8-18(29)31-17-9-13(4-7-15(11)17)27-20(30)16-10-26-28(19(16)21(23,24)25)14-5-2-12(22)3-6-14/h2-10H,1H3,(H,27,30). The molecule has 2 heterocycles. The van der Waals surface area contributed by atoms with Gasteiger partial charge in [-0.25, -0.2) is 9.48 Å². The summed E-state index contributed by atoms with van der Waals surface area (Å²) in [6.07, 6.45) is -4.01. The maximum Gasteiger partial charge on any atom is 0.434 e. The molecule has 0 saturated carbocycles. The van der Waals surface area contributed by atoms with Gasteiger partial charge in [0.2, 0.25) is 0 Å². The molecule has 0 aliphatic heterocycles. The second-order valence-electron chi connectivity index (χ2n) is 6.71. The summed E-state index contributed by atoms with van der Waals surface area (Å²) in [6.45, 7) is 1.72. The van der Waals surface area contributed by atoms with Crippen LogP contribution in [0.5, 0.6) is 0 Å². The Kier molecular flexibility index (Phi) is 5.06. The maximum atomic E-state index is 13.8. The average molecular weight is 448 g/mol. The van der Waals surface area contributed by atoms with Crippen LogP contribution in [0.25, 0.3) is 16.7 Å². The highest BCUT2D eigenvalue weighted by Crippen LogP contribution is 2.34. The number of nitrogens with zero attached hydrogens (tertiary/aromatic N) is 2. The molecule has 2 aromatic heterocycles. The summed E-state index contributed by atoms with van der Waals surface area (Å²) in [7, 11) is 0. The number of hydrogen-bond acceptors (Lipinski definition) is 4. The van der Waals surface area contributed by atoms with Crippen LogP contribution in [0.1, 0.15) is 21.6 Å². The molecule has 31 heavy (non-hydrogen) atoms. The zero-order chi connectivity index (χ0) is 22.3. The van der Waals surface area contributed by atoms with Crippen molar-refractivity contribution < 1.29 is 22.4 Å². The smallest absolute Gasteiger partial charge is 0.423 e. The number of hydrogen-bond donors (Lipinski definition) is 1. The van der Waals surface area contributed by atoms with E-state index in [9.17, 15) is 22.8 Å². The Morgan fingerprint density at radius 1 is 1.13 bits per heavy atom. The summed E-state index contributed by atoms with van der Waals surface area (Å²) in [4.78, 5) is 24.2. The van der Waals surface area contributed by atoms with Crippen LogP contribution in [0.4, 0.5) is 18.9 Å². The van der Waals surface area contributed by atoms with Crippen molar-refractivity contribution in [2.75, 3.05) is 5.32 Å². The Balaban J connectivity index is 1.73. The first-order valence-electron chi connectivity index (χ1n) is 8.90. The zero-order valence-electron chi connectivity index (χ0n) is 15.8. The topological polar surface area (TPSA) is 77.1 Å². The molecule has 1 amide bonds. The highest BCUT2D eigenvalue weighted by Gasteiger charge is 2.40. The molecule has 0 unspecified atom stereocenters. The first kappa shape index (κ1) is 20.7. The lowest BCUT2D eigenvalue weighted by Gasteiger charge is -2.13. The molecule has 0 fully saturated rings. The number of benzene rings is 2. The third kappa shape index (κ3) is 4.04. The molecule has 2 aromatic carbocycles. The van der Waals surface area contributed by atoms with E-state index < -0.39 is 29.0 Å². The Morgan fingerprint density at radius 2 is 1.84 bits per heavy atom. The van der Waals surface area contributed by atoms with Gasteiger partial charge in [-0.15, -0.1) is 0 Å². The van der Waals surface area contributed by atoms with Crippen molar-refractivity contribution >= 4 is 34.2 Å². The van der Waals surface area contributed by atoms with Crippen LogP contribution in [0, 0.1) is 6.92 Å². The van der Waals surface area contributed by atoms with Gasteiger partial charge < -0.3 is 9.73 Å². The number of anilines is 1. The Labute approximate surface area is 177 Å². The largest absolute Gasteiger partial charge is 0.434 e. The molecular formula is C21H13ClF3N3O3. The first-order chi connectivity index (χ1) is 14.6. The molecule has 4 aromatic rings. The van der Waals surface area contributed by atoms with Gasteiger partial charge in [-0.1, -0.05) is 11.6 Å². The molecule has 0 bridgehead atoms. The SMILES string of the molecule is Cc1cc(=O)oc2cc(NC(=O)c3cnn(-c4ccc(Cl)cc4)c3C(F)(F)F)ccc12. The summed E-state index contributed by atoms with van der Waals surface area (Å²) in [5.41, 5.74) is -1.32. The van der Waals surface area contributed by atoms with Gasteiger partial charge in [-0.3, -0.25) is 4.79 Å². The molecule has 0 aliphatic rings. The minimum absolute atomic E-state index is 0.0960. The number of amides is 1. The minimum Gasteiger partial charge on any atom is -0.423 e. The number of alkyl halides is 3. The third-order valence-electron chi connectivity index (χ3n) is 4.56. The van der Waals surface area contributed by atoms with Crippen molar-refractivity contribution in [2.45, 2.75) is 13.1 Å². The number of fused-ring (bicyclic) bond motifs is 1. The van der Waals surface area contributed by atoms with E-state index in [1.54, 1.807) is 13.0 Å². The Morgan fingerprint density at radius 3 is 2.52 bits per heavy atom. The van der Waals surface area contributed by atoms with Gasteiger partial charge in [-0.05, 0) is 48.9 Å². The van der Waals surface area contributed by atoms with E-state index >= 15 is 0 Å². The van der Waals surface area contributed by atoms with Crippen LogP contribution in [0.2, 0.25) is 5.02 Å². The fraction of sp³-hybridized carbons (Fsp3) is 0.0952. The average Bonchev–Trinajstić information content (AvgIpc) is 3.14. The Bertz CT molecular complexity index is 1360. The number of aromatic nitrogens is 2.